The summed E-state index contributed by atoms with van der Waals surface area (Å²) in [5.74, 6) is 0.0476. The zero-order valence-electron chi connectivity index (χ0n) is 18.9. The Morgan fingerprint density at radius 1 is 1.30 bits per heavy atom. The van der Waals surface area contributed by atoms with Gasteiger partial charge in [-0.25, -0.2) is 0 Å². The molecular weight excluding hydrogens is 484 g/mol. The molecule has 3 aromatic rings. The molecule has 2 aromatic carbocycles. The van der Waals surface area contributed by atoms with Crippen molar-refractivity contribution in [3.63, 3.8) is 0 Å². The van der Waals surface area contributed by atoms with Gasteiger partial charge in [-0.2, -0.15) is 0 Å². The highest BCUT2D eigenvalue weighted by atomic mass is 79.9. The normalized spacial score (nSPS) is 25.1. The van der Waals surface area contributed by atoms with Gasteiger partial charge in [-0.1, -0.05) is 48.5 Å². The molecule has 1 saturated heterocycles. The number of aliphatic hydroxyl groups excluding tert-OH is 1. The van der Waals surface area contributed by atoms with Crippen molar-refractivity contribution in [2.45, 2.75) is 51.0 Å². The molecular formula is C25H27BrN4O3. The van der Waals surface area contributed by atoms with E-state index in [1.807, 2.05) is 50.4 Å². The minimum atomic E-state index is -0.944. The second-order valence-electron chi connectivity index (χ2n) is 9.13. The first kappa shape index (κ1) is 22.3. The number of nitrogens with zero attached hydrogens (tertiary/aromatic N) is 4. The zero-order valence-corrected chi connectivity index (χ0v) is 20.5. The van der Waals surface area contributed by atoms with E-state index in [0.717, 1.165) is 33.3 Å². The van der Waals surface area contributed by atoms with Crippen molar-refractivity contribution < 1.29 is 14.6 Å². The summed E-state index contributed by atoms with van der Waals surface area (Å²) in [6.45, 7) is 4.72. The molecule has 1 aromatic heterocycles. The van der Waals surface area contributed by atoms with Crippen LogP contribution in [0.2, 0.25) is 0 Å². The molecule has 8 heteroatoms. The molecule has 1 amide bonds. The molecule has 0 unspecified atom stereocenters. The summed E-state index contributed by atoms with van der Waals surface area (Å²) in [5.41, 5.74) is 3.29. The van der Waals surface area contributed by atoms with Crippen LogP contribution in [0.4, 0.5) is 5.69 Å². The Morgan fingerprint density at radius 3 is 2.82 bits per heavy atom. The van der Waals surface area contributed by atoms with E-state index in [-0.39, 0.29) is 17.9 Å². The zero-order chi connectivity index (χ0) is 23.3. The van der Waals surface area contributed by atoms with E-state index in [4.69, 9.17) is 4.74 Å². The molecule has 1 spiro atoms. The summed E-state index contributed by atoms with van der Waals surface area (Å²) >= 11 is 3.64. The first-order valence-corrected chi connectivity index (χ1v) is 12.0. The topological polar surface area (TPSA) is 80.5 Å². The van der Waals surface area contributed by atoms with Crippen LogP contribution >= 0.6 is 15.9 Å². The minimum absolute atomic E-state index is 0.00664. The summed E-state index contributed by atoms with van der Waals surface area (Å²) in [6.07, 6.45) is 2.38. The van der Waals surface area contributed by atoms with Gasteiger partial charge in [-0.05, 0) is 52.9 Å². The SMILES string of the molecule is Cc1cc(Br)c2c(c1)[C@@]1(O[C@H](CCn3cc([C@H](O)c4ccccc4)nn3)C[C@@H]1C)C(=O)N2C. The Morgan fingerprint density at radius 2 is 2.06 bits per heavy atom. The average Bonchev–Trinajstić information content (AvgIpc) is 3.46. The highest BCUT2D eigenvalue weighted by Gasteiger charge is 2.59. The van der Waals surface area contributed by atoms with Gasteiger partial charge in [0.1, 0.15) is 11.8 Å². The van der Waals surface area contributed by atoms with Crippen molar-refractivity contribution in [1.29, 1.82) is 0 Å². The predicted molar refractivity (Wildman–Crippen MR) is 128 cm³/mol. The molecule has 1 fully saturated rings. The number of amides is 1. The lowest BCUT2D eigenvalue weighted by Gasteiger charge is -2.27. The van der Waals surface area contributed by atoms with Crippen LogP contribution in [0, 0.1) is 12.8 Å². The molecule has 0 bridgehead atoms. The number of aryl methyl sites for hydroxylation is 2. The summed E-state index contributed by atoms with van der Waals surface area (Å²) in [7, 11) is 1.81. The van der Waals surface area contributed by atoms with Crippen LogP contribution in [-0.4, -0.2) is 39.2 Å². The molecule has 2 aliphatic heterocycles. The Balaban J connectivity index is 1.32. The van der Waals surface area contributed by atoms with Gasteiger partial charge in [0, 0.05) is 29.5 Å². The molecule has 33 heavy (non-hydrogen) atoms. The molecule has 2 aliphatic rings. The first-order chi connectivity index (χ1) is 15.8. The number of ether oxygens (including phenoxy) is 1. The Hall–Kier alpha value is -2.55. The number of likely N-dealkylation sites (N-methyl/N-ethyl adjacent to an activating group) is 1. The van der Waals surface area contributed by atoms with Crippen LogP contribution in [0.15, 0.2) is 53.1 Å². The van der Waals surface area contributed by atoms with Crippen LogP contribution in [-0.2, 0) is 21.7 Å². The number of hydrogen-bond acceptors (Lipinski definition) is 5. The standard InChI is InChI=1S/C25H27BrN4O3/c1-15-11-19-22(20(26)12-15)29(3)24(32)25(19)16(2)13-18(33-25)9-10-30-14-21(27-28-30)23(31)17-7-5-4-6-8-17/h4-8,11-12,14,16,18,23,31H,9-10,13H2,1-3H3/t16-,18+,23+,25+/m0/s1. The quantitative estimate of drug-likeness (QED) is 0.558. The number of rotatable bonds is 5. The largest absolute Gasteiger partial charge is 0.382 e. The number of aromatic nitrogens is 3. The highest BCUT2D eigenvalue weighted by molar-refractivity contribution is 9.10. The second kappa shape index (κ2) is 8.34. The van der Waals surface area contributed by atoms with Gasteiger partial charge in [0.25, 0.3) is 5.91 Å². The van der Waals surface area contributed by atoms with Gasteiger partial charge in [0.2, 0.25) is 0 Å². The molecule has 3 heterocycles. The van der Waals surface area contributed by atoms with Crippen molar-refractivity contribution in [2.24, 2.45) is 5.92 Å². The third kappa shape index (κ3) is 3.61. The van der Waals surface area contributed by atoms with E-state index in [9.17, 15) is 9.90 Å². The van der Waals surface area contributed by atoms with Gasteiger partial charge in [0.15, 0.2) is 5.60 Å². The van der Waals surface area contributed by atoms with E-state index < -0.39 is 11.7 Å². The fraction of sp³-hybridized carbons (Fsp3) is 0.400. The van der Waals surface area contributed by atoms with E-state index in [2.05, 4.69) is 39.2 Å². The van der Waals surface area contributed by atoms with Crippen LogP contribution < -0.4 is 4.90 Å². The van der Waals surface area contributed by atoms with E-state index in [1.54, 1.807) is 15.8 Å². The van der Waals surface area contributed by atoms with E-state index in [0.29, 0.717) is 18.7 Å². The summed E-state index contributed by atoms with van der Waals surface area (Å²) in [5, 5.41) is 18.9. The average molecular weight is 511 g/mol. The molecule has 1 N–H and O–H groups in total. The first-order valence-electron chi connectivity index (χ1n) is 11.2. The van der Waals surface area contributed by atoms with Crippen molar-refractivity contribution in [3.05, 3.63) is 75.5 Å². The van der Waals surface area contributed by atoms with Crippen LogP contribution in [0.3, 0.4) is 0 Å². The number of benzene rings is 2. The van der Waals surface area contributed by atoms with Crippen LogP contribution in [0.1, 0.15) is 48.3 Å². The fourth-order valence-electron chi connectivity index (χ4n) is 5.21. The minimum Gasteiger partial charge on any atom is -0.382 e. The molecule has 0 radical (unpaired) electrons. The fourth-order valence-corrected chi connectivity index (χ4v) is 6.05. The monoisotopic (exact) mass is 510 g/mol. The predicted octanol–water partition coefficient (Wildman–Crippen LogP) is 4.12. The number of hydrogen-bond donors (Lipinski definition) is 1. The molecule has 4 atom stereocenters. The smallest absolute Gasteiger partial charge is 0.264 e. The lowest BCUT2D eigenvalue weighted by atomic mass is 9.82. The Kier molecular flexibility index (Phi) is 5.63. The molecule has 7 nitrogen and oxygen atoms in total. The van der Waals surface area contributed by atoms with Gasteiger partial charge in [0.05, 0.1) is 18.0 Å². The van der Waals surface area contributed by atoms with Crippen LogP contribution in [0.25, 0.3) is 0 Å². The van der Waals surface area contributed by atoms with E-state index >= 15 is 0 Å². The molecule has 0 aliphatic carbocycles. The Labute approximate surface area is 201 Å². The number of anilines is 1. The highest BCUT2D eigenvalue weighted by Crippen LogP contribution is 2.55. The van der Waals surface area contributed by atoms with Crippen LogP contribution in [0.5, 0.6) is 0 Å². The van der Waals surface area contributed by atoms with Crippen molar-refractivity contribution in [2.75, 3.05) is 11.9 Å². The van der Waals surface area contributed by atoms with E-state index in [1.165, 1.54) is 0 Å². The Bertz CT molecular complexity index is 1200. The van der Waals surface area contributed by atoms with Gasteiger partial charge in [-0.3, -0.25) is 9.48 Å². The number of carbonyl (C=O) groups excluding carboxylic acids is 1. The summed E-state index contributed by atoms with van der Waals surface area (Å²) < 4.78 is 9.21. The number of carbonyl (C=O) groups is 1. The van der Waals surface area contributed by atoms with Crippen molar-refractivity contribution in [1.82, 2.24) is 15.0 Å². The number of fused-ring (bicyclic) bond motifs is 2. The third-order valence-corrected chi connectivity index (χ3v) is 7.47. The lowest BCUT2D eigenvalue weighted by Crippen LogP contribution is -2.42. The van der Waals surface area contributed by atoms with Gasteiger partial charge in [-0.15, -0.1) is 5.10 Å². The van der Waals surface area contributed by atoms with Crippen molar-refractivity contribution in [3.8, 4) is 0 Å². The number of halogens is 1. The lowest BCUT2D eigenvalue weighted by molar-refractivity contribution is -0.145. The van der Waals surface area contributed by atoms with Gasteiger partial charge < -0.3 is 14.7 Å². The summed E-state index contributed by atoms with van der Waals surface area (Å²) in [6, 6.07) is 13.5. The van der Waals surface area contributed by atoms with Gasteiger partial charge >= 0.3 is 0 Å². The molecule has 5 rings (SSSR count). The maximum atomic E-state index is 13.4. The maximum Gasteiger partial charge on any atom is 0.264 e. The molecule has 0 saturated carbocycles. The maximum absolute atomic E-state index is 13.4. The molecule has 172 valence electrons. The second-order valence-corrected chi connectivity index (χ2v) is 9.98. The van der Waals surface area contributed by atoms with Crippen molar-refractivity contribution >= 4 is 27.5 Å². The third-order valence-electron chi connectivity index (χ3n) is 6.86. The summed E-state index contributed by atoms with van der Waals surface area (Å²) in [4.78, 5) is 15.1. The number of aliphatic hydroxyl groups is 1.